The normalized spacial score (nSPS) is 28.2. The van der Waals surface area contributed by atoms with E-state index in [0.717, 1.165) is 24.2 Å². The third-order valence-corrected chi connectivity index (χ3v) is 6.47. The van der Waals surface area contributed by atoms with Crippen molar-refractivity contribution in [2.45, 2.75) is 31.1 Å². The molecule has 3 atom stereocenters. The Morgan fingerprint density at radius 2 is 2.11 bits per heavy atom. The van der Waals surface area contributed by atoms with Gasteiger partial charge < -0.3 is 19.6 Å². The lowest BCUT2D eigenvalue weighted by Gasteiger charge is -2.32. The number of rotatable bonds is 4. The Balaban J connectivity index is 1.39. The van der Waals surface area contributed by atoms with E-state index in [9.17, 15) is 19.5 Å². The monoisotopic (exact) mass is 386 g/mol. The van der Waals surface area contributed by atoms with E-state index in [1.54, 1.807) is 11.9 Å². The fourth-order valence-corrected chi connectivity index (χ4v) is 4.74. The number of fused-ring (bicyclic) bond motifs is 2. The maximum absolute atomic E-state index is 13.0. The molecule has 1 aromatic rings. The average Bonchev–Trinajstić information content (AvgIpc) is 3.42. The summed E-state index contributed by atoms with van der Waals surface area (Å²) in [5.74, 6) is -0.829. The lowest BCUT2D eigenvalue weighted by atomic mass is 9.87. The molecule has 3 aliphatic rings. The minimum absolute atomic E-state index is 0.00407. The number of carboxylic acids is 1. The number of nitrogens with zero attached hydrogens (tertiary/aromatic N) is 2. The van der Waals surface area contributed by atoms with Crippen LogP contribution in [0.3, 0.4) is 0 Å². The minimum Gasteiger partial charge on any atom is -0.493 e. The van der Waals surface area contributed by atoms with Crippen LogP contribution in [0.4, 0.5) is 0 Å². The topological polar surface area (TPSA) is 87.2 Å². The summed E-state index contributed by atoms with van der Waals surface area (Å²) < 4.78 is 5.73. The maximum Gasteiger partial charge on any atom is 0.308 e. The summed E-state index contributed by atoms with van der Waals surface area (Å²) in [6.45, 7) is 1.39. The Morgan fingerprint density at radius 1 is 1.32 bits per heavy atom. The number of carbonyl (C=O) groups is 3. The Morgan fingerprint density at radius 3 is 2.89 bits per heavy atom. The molecule has 2 amide bonds. The maximum atomic E-state index is 13.0. The van der Waals surface area contributed by atoms with Crippen molar-refractivity contribution in [3.05, 3.63) is 29.8 Å². The van der Waals surface area contributed by atoms with Gasteiger partial charge in [0, 0.05) is 37.0 Å². The molecule has 0 radical (unpaired) electrons. The van der Waals surface area contributed by atoms with E-state index in [1.807, 2.05) is 24.3 Å². The SMILES string of the molecule is CN(CC(=O)N1CCCC(C(=O)O)C1)C(=O)[C@@H]1C[C@]12CCOc1ccccc12. The molecule has 2 aliphatic heterocycles. The number of carbonyl (C=O) groups excluding carboxylic acids is 2. The molecule has 1 unspecified atom stereocenters. The fourth-order valence-electron chi connectivity index (χ4n) is 4.74. The number of carboxylic acid groups (broad SMARTS) is 1. The minimum atomic E-state index is -0.861. The number of piperidine rings is 1. The molecule has 7 heteroatoms. The molecular formula is C21H26N2O5. The predicted molar refractivity (Wildman–Crippen MR) is 101 cm³/mol. The third kappa shape index (κ3) is 3.23. The lowest BCUT2D eigenvalue weighted by Crippen LogP contribution is -2.47. The molecule has 2 heterocycles. The molecule has 7 nitrogen and oxygen atoms in total. The number of likely N-dealkylation sites (N-methyl/N-ethyl adjacent to an activating group) is 1. The second kappa shape index (κ2) is 7.11. The van der Waals surface area contributed by atoms with Crippen LogP contribution in [0.15, 0.2) is 24.3 Å². The smallest absolute Gasteiger partial charge is 0.308 e. The van der Waals surface area contributed by atoms with Gasteiger partial charge in [0.1, 0.15) is 5.75 Å². The number of ether oxygens (including phenoxy) is 1. The van der Waals surface area contributed by atoms with Gasteiger partial charge in [-0.05, 0) is 31.7 Å². The highest BCUT2D eigenvalue weighted by Crippen LogP contribution is 2.61. The van der Waals surface area contributed by atoms with Crippen LogP contribution in [-0.4, -0.2) is 66.0 Å². The van der Waals surface area contributed by atoms with Gasteiger partial charge in [-0.3, -0.25) is 14.4 Å². The van der Waals surface area contributed by atoms with E-state index < -0.39 is 11.9 Å². The van der Waals surface area contributed by atoms with Crippen molar-refractivity contribution in [3.63, 3.8) is 0 Å². The number of likely N-dealkylation sites (tertiary alicyclic amines) is 1. The van der Waals surface area contributed by atoms with E-state index in [0.29, 0.717) is 26.0 Å². The second-order valence-electron chi connectivity index (χ2n) is 8.22. The van der Waals surface area contributed by atoms with Gasteiger partial charge in [-0.2, -0.15) is 0 Å². The summed E-state index contributed by atoms with van der Waals surface area (Å²) in [6, 6.07) is 7.88. The summed E-state index contributed by atoms with van der Waals surface area (Å²) in [5, 5.41) is 9.20. The van der Waals surface area contributed by atoms with E-state index in [-0.39, 0.29) is 36.2 Å². The highest BCUT2D eigenvalue weighted by Gasteiger charge is 2.61. The second-order valence-corrected chi connectivity index (χ2v) is 8.22. The highest BCUT2D eigenvalue weighted by atomic mass is 16.5. The summed E-state index contributed by atoms with van der Waals surface area (Å²) in [7, 11) is 1.66. The van der Waals surface area contributed by atoms with Crippen molar-refractivity contribution < 1.29 is 24.2 Å². The molecule has 1 saturated heterocycles. The van der Waals surface area contributed by atoms with Gasteiger partial charge in [0.25, 0.3) is 0 Å². The molecule has 28 heavy (non-hydrogen) atoms. The van der Waals surface area contributed by atoms with E-state index in [1.165, 1.54) is 4.90 Å². The van der Waals surface area contributed by atoms with Crippen LogP contribution in [0.2, 0.25) is 0 Å². The largest absolute Gasteiger partial charge is 0.493 e. The van der Waals surface area contributed by atoms with Crippen LogP contribution in [0, 0.1) is 11.8 Å². The number of amides is 2. The van der Waals surface area contributed by atoms with Crippen LogP contribution in [0.1, 0.15) is 31.2 Å². The number of para-hydroxylation sites is 1. The molecule has 1 N–H and O–H groups in total. The number of hydrogen-bond acceptors (Lipinski definition) is 4. The third-order valence-electron chi connectivity index (χ3n) is 6.47. The van der Waals surface area contributed by atoms with Gasteiger partial charge in [0.05, 0.1) is 19.1 Å². The molecule has 1 aromatic carbocycles. The summed E-state index contributed by atoms with van der Waals surface area (Å²) in [6.07, 6.45) is 2.88. The van der Waals surface area contributed by atoms with Crippen LogP contribution < -0.4 is 4.74 Å². The van der Waals surface area contributed by atoms with E-state index in [4.69, 9.17) is 4.74 Å². The van der Waals surface area contributed by atoms with Gasteiger partial charge in [0.2, 0.25) is 11.8 Å². The molecule has 1 saturated carbocycles. The number of aliphatic carboxylic acids is 1. The van der Waals surface area contributed by atoms with Crippen molar-refractivity contribution in [2.75, 3.05) is 33.3 Å². The van der Waals surface area contributed by atoms with Crippen molar-refractivity contribution in [1.82, 2.24) is 9.80 Å². The van der Waals surface area contributed by atoms with Crippen molar-refractivity contribution >= 4 is 17.8 Å². The molecule has 0 aromatic heterocycles. The van der Waals surface area contributed by atoms with E-state index in [2.05, 4.69) is 0 Å². The molecule has 1 spiro atoms. The van der Waals surface area contributed by atoms with Crippen molar-refractivity contribution in [1.29, 1.82) is 0 Å². The lowest BCUT2D eigenvalue weighted by molar-refractivity contribution is -0.147. The first-order valence-electron chi connectivity index (χ1n) is 9.90. The molecular weight excluding hydrogens is 360 g/mol. The number of hydrogen-bond donors (Lipinski definition) is 1. The predicted octanol–water partition coefficient (Wildman–Crippen LogP) is 1.51. The van der Waals surface area contributed by atoms with Gasteiger partial charge in [-0.15, -0.1) is 0 Å². The van der Waals surface area contributed by atoms with Crippen LogP contribution in [0.5, 0.6) is 5.75 Å². The first kappa shape index (κ1) is 18.8. The number of benzene rings is 1. The van der Waals surface area contributed by atoms with Crippen LogP contribution in [-0.2, 0) is 19.8 Å². The van der Waals surface area contributed by atoms with E-state index >= 15 is 0 Å². The summed E-state index contributed by atoms with van der Waals surface area (Å²) in [5.41, 5.74) is 0.933. The van der Waals surface area contributed by atoms with Gasteiger partial charge >= 0.3 is 5.97 Å². The quantitative estimate of drug-likeness (QED) is 0.848. The Bertz CT molecular complexity index is 810. The van der Waals surface area contributed by atoms with Gasteiger partial charge in [0.15, 0.2) is 0 Å². The molecule has 4 rings (SSSR count). The molecule has 150 valence electrons. The highest BCUT2D eigenvalue weighted by molar-refractivity contribution is 5.89. The zero-order chi connectivity index (χ0) is 19.9. The molecule has 2 fully saturated rings. The van der Waals surface area contributed by atoms with Crippen molar-refractivity contribution in [2.24, 2.45) is 11.8 Å². The Labute approximate surface area is 164 Å². The molecule has 1 aliphatic carbocycles. The molecule has 0 bridgehead atoms. The standard InChI is InChI=1S/C21H26N2O5/c1-22(13-18(24)23-9-4-5-14(12-23)20(26)27)19(25)16-11-21(16)8-10-28-17-7-3-2-6-15(17)21/h2-3,6-7,14,16H,4-5,8-13H2,1H3,(H,26,27)/t14?,16-,21-/m0/s1. The van der Waals surface area contributed by atoms with Crippen LogP contribution in [0.25, 0.3) is 0 Å². The summed E-state index contributed by atoms with van der Waals surface area (Å²) in [4.78, 5) is 39.9. The average molecular weight is 386 g/mol. The van der Waals surface area contributed by atoms with Crippen LogP contribution >= 0.6 is 0 Å². The first-order chi connectivity index (χ1) is 13.4. The Hall–Kier alpha value is -2.57. The fraction of sp³-hybridized carbons (Fsp3) is 0.571. The first-order valence-corrected chi connectivity index (χ1v) is 9.90. The summed E-state index contributed by atoms with van der Waals surface area (Å²) >= 11 is 0. The van der Waals surface area contributed by atoms with Gasteiger partial charge in [-0.1, -0.05) is 18.2 Å². The Kier molecular flexibility index (Phi) is 4.77. The van der Waals surface area contributed by atoms with Gasteiger partial charge in [-0.25, -0.2) is 0 Å². The van der Waals surface area contributed by atoms with Crippen molar-refractivity contribution in [3.8, 4) is 5.75 Å². The zero-order valence-corrected chi connectivity index (χ0v) is 16.1. The zero-order valence-electron chi connectivity index (χ0n) is 16.1.